The van der Waals surface area contributed by atoms with Crippen molar-refractivity contribution in [3.8, 4) is 5.69 Å². The number of furan rings is 1. The zero-order valence-electron chi connectivity index (χ0n) is 13.9. The highest BCUT2D eigenvalue weighted by Gasteiger charge is 2.16. The maximum atomic E-state index is 12.5. The first-order valence-electron chi connectivity index (χ1n) is 8.05. The van der Waals surface area contributed by atoms with Gasteiger partial charge in [0.25, 0.3) is 5.91 Å². The maximum absolute atomic E-state index is 12.5. The summed E-state index contributed by atoms with van der Waals surface area (Å²) in [6, 6.07) is 15.0. The van der Waals surface area contributed by atoms with Gasteiger partial charge < -0.3 is 9.73 Å². The maximum Gasteiger partial charge on any atom is 0.287 e. The van der Waals surface area contributed by atoms with E-state index in [4.69, 9.17) is 4.42 Å². The van der Waals surface area contributed by atoms with Crippen LogP contribution in [0, 0.1) is 0 Å². The lowest BCUT2D eigenvalue weighted by molar-refractivity contribution is 0.0914. The number of hydrogen-bond acceptors (Lipinski definition) is 4. The molecule has 7 heteroatoms. The Morgan fingerprint density at radius 1 is 1.19 bits per heavy atom. The molecule has 0 saturated carbocycles. The largest absolute Gasteiger partial charge is 0.451 e. The first-order valence-corrected chi connectivity index (χ1v) is 8.84. The first kappa shape index (κ1) is 16.5. The molecular formula is C19H15BrN4O2. The number of halogens is 1. The van der Waals surface area contributed by atoms with Crippen LogP contribution >= 0.6 is 15.9 Å². The molecule has 130 valence electrons. The van der Waals surface area contributed by atoms with Gasteiger partial charge in [0, 0.05) is 9.86 Å². The van der Waals surface area contributed by atoms with E-state index in [-0.39, 0.29) is 11.9 Å². The highest BCUT2D eigenvalue weighted by atomic mass is 79.9. The van der Waals surface area contributed by atoms with E-state index < -0.39 is 0 Å². The van der Waals surface area contributed by atoms with E-state index in [1.165, 1.54) is 6.33 Å². The number of carbonyl (C=O) groups is 1. The summed E-state index contributed by atoms with van der Waals surface area (Å²) >= 11 is 3.42. The normalized spacial score (nSPS) is 12.2. The van der Waals surface area contributed by atoms with Gasteiger partial charge in [0.1, 0.15) is 18.2 Å². The van der Waals surface area contributed by atoms with Crippen molar-refractivity contribution < 1.29 is 9.21 Å². The highest BCUT2D eigenvalue weighted by Crippen LogP contribution is 2.24. The Morgan fingerprint density at radius 2 is 2.00 bits per heavy atom. The fraction of sp³-hybridized carbons (Fsp3) is 0.105. The van der Waals surface area contributed by atoms with Crippen molar-refractivity contribution in [1.82, 2.24) is 20.1 Å². The number of rotatable bonds is 4. The third-order valence-corrected chi connectivity index (χ3v) is 4.62. The molecule has 26 heavy (non-hydrogen) atoms. The Kier molecular flexibility index (Phi) is 4.30. The summed E-state index contributed by atoms with van der Waals surface area (Å²) < 4.78 is 8.26. The zero-order valence-corrected chi connectivity index (χ0v) is 15.5. The van der Waals surface area contributed by atoms with Gasteiger partial charge in [0.05, 0.1) is 11.7 Å². The summed E-state index contributed by atoms with van der Waals surface area (Å²) in [4.78, 5) is 16.4. The van der Waals surface area contributed by atoms with Crippen LogP contribution in [0.4, 0.5) is 0 Å². The second kappa shape index (κ2) is 6.76. The molecule has 2 aromatic heterocycles. The SMILES string of the molecule is CC(NC(=O)c1cc2cc(Br)ccc2o1)c1ccc(-n2cncn2)cc1. The van der Waals surface area contributed by atoms with Crippen molar-refractivity contribution in [2.45, 2.75) is 13.0 Å². The Morgan fingerprint density at radius 3 is 2.73 bits per heavy atom. The van der Waals surface area contributed by atoms with Crippen LogP contribution < -0.4 is 5.32 Å². The molecular weight excluding hydrogens is 396 g/mol. The summed E-state index contributed by atoms with van der Waals surface area (Å²) in [5, 5.41) is 7.94. The zero-order chi connectivity index (χ0) is 18.1. The number of amides is 1. The second-order valence-corrected chi connectivity index (χ2v) is 6.84. The van der Waals surface area contributed by atoms with Gasteiger partial charge in [0.2, 0.25) is 0 Å². The molecule has 2 aromatic carbocycles. The molecule has 0 fully saturated rings. The highest BCUT2D eigenvalue weighted by molar-refractivity contribution is 9.10. The molecule has 0 spiro atoms. The number of nitrogens with zero attached hydrogens (tertiary/aromatic N) is 3. The molecule has 0 aliphatic rings. The molecule has 4 aromatic rings. The van der Waals surface area contributed by atoms with E-state index >= 15 is 0 Å². The molecule has 0 radical (unpaired) electrons. The molecule has 1 N–H and O–H groups in total. The van der Waals surface area contributed by atoms with Crippen LogP contribution in [0.25, 0.3) is 16.7 Å². The van der Waals surface area contributed by atoms with Gasteiger partial charge in [-0.15, -0.1) is 0 Å². The molecule has 2 heterocycles. The Hall–Kier alpha value is -2.93. The van der Waals surface area contributed by atoms with Crippen molar-refractivity contribution in [3.63, 3.8) is 0 Å². The predicted octanol–water partition coefficient (Wildman–Crippen LogP) is 4.27. The van der Waals surface area contributed by atoms with Gasteiger partial charge in [-0.3, -0.25) is 4.79 Å². The fourth-order valence-electron chi connectivity index (χ4n) is 2.73. The van der Waals surface area contributed by atoms with Gasteiger partial charge in [-0.25, -0.2) is 9.67 Å². The molecule has 0 bridgehead atoms. The minimum Gasteiger partial charge on any atom is -0.451 e. The number of nitrogens with one attached hydrogen (secondary N) is 1. The van der Waals surface area contributed by atoms with E-state index in [0.29, 0.717) is 11.3 Å². The standard InChI is InChI=1S/C19H15BrN4O2/c1-12(13-2-5-16(6-3-13)24-11-21-10-22-24)23-19(25)18-9-14-8-15(20)4-7-17(14)26-18/h2-12H,1H3,(H,23,25). The lowest BCUT2D eigenvalue weighted by Gasteiger charge is -2.14. The van der Waals surface area contributed by atoms with Crippen molar-refractivity contribution in [2.75, 3.05) is 0 Å². The van der Waals surface area contributed by atoms with E-state index in [2.05, 4.69) is 31.3 Å². The van der Waals surface area contributed by atoms with Crippen LogP contribution in [-0.2, 0) is 0 Å². The van der Waals surface area contributed by atoms with Crippen LogP contribution in [0.3, 0.4) is 0 Å². The van der Waals surface area contributed by atoms with Gasteiger partial charge in [0.15, 0.2) is 5.76 Å². The van der Waals surface area contributed by atoms with Crippen LogP contribution in [0.2, 0.25) is 0 Å². The van der Waals surface area contributed by atoms with Crippen molar-refractivity contribution in [3.05, 3.63) is 77.0 Å². The van der Waals surface area contributed by atoms with Gasteiger partial charge >= 0.3 is 0 Å². The molecule has 6 nitrogen and oxygen atoms in total. The van der Waals surface area contributed by atoms with Crippen LogP contribution in [0.15, 0.2) is 70.1 Å². The lowest BCUT2D eigenvalue weighted by Crippen LogP contribution is -2.26. The van der Waals surface area contributed by atoms with Crippen LogP contribution in [-0.4, -0.2) is 20.7 Å². The summed E-state index contributed by atoms with van der Waals surface area (Å²) in [5.74, 6) is 0.0503. The summed E-state index contributed by atoms with van der Waals surface area (Å²) in [6.07, 6.45) is 3.13. The van der Waals surface area contributed by atoms with Crippen LogP contribution in [0.1, 0.15) is 29.1 Å². The lowest BCUT2D eigenvalue weighted by atomic mass is 10.1. The molecule has 1 unspecified atom stereocenters. The minimum absolute atomic E-state index is 0.160. The average molecular weight is 411 g/mol. The predicted molar refractivity (Wildman–Crippen MR) is 101 cm³/mol. The number of hydrogen-bond donors (Lipinski definition) is 1. The van der Waals surface area contributed by atoms with E-state index in [1.54, 1.807) is 17.1 Å². The topological polar surface area (TPSA) is 73.0 Å². The fourth-order valence-corrected chi connectivity index (χ4v) is 3.11. The Labute approximate surface area is 158 Å². The number of aromatic nitrogens is 3. The van der Waals surface area contributed by atoms with Crippen LogP contribution in [0.5, 0.6) is 0 Å². The van der Waals surface area contributed by atoms with Gasteiger partial charge in [-0.05, 0) is 48.9 Å². The molecule has 0 aliphatic heterocycles. The third kappa shape index (κ3) is 3.25. The first-order chi connectivity index (χ1) is 12.6. The average Bonchev–Trinajstić information content (AvgIpc) is 3.31. The smallest absolute Gasteiger partial charge is 0.287 e. The molecule has 0 saturated heterocycles. The second-order valence-electron chi connectivity index (χ2n) is 5.92. The van der Waals surface area contributed by atoms with Crippen molar-refractivity contribution in [2.24, 2.45) is 0 Å². The number of carbonyl (C=O) groups excluding carboxylic acids is 1. The molecule has 0 aliphatic carbocycles. The summed E-state index contributed by atoms with van der Waals surface area (Å²) in [5.41, 5.74) is 2.58. The summed E-state index contributed by atoms with van der Waals surface area (Å²) in [7, 11) is 0. The Balaban J connectivity index is 1.49. The van der Waals surface area contributed by atoms with Crippen molar-refractivity contribution >= 4 is 32.8 Å². The van der Waals surface area contributed by atoms with E-state index in [0.717, 1.165) is 21.1 Å². The van der Waals surface area contributed by atoms with Gasteiger partial charge in [-0.1, -0.05) is 28.1 Å². The quantitative estimate of drug-likeness (QED) is 0.545. The minimum atomic E-state index is -0.245. The number of fused-ring (bicyclic) bond motifs is 1. The monoisotopic (exact) mass is 410 g/mol. The molecule has 1 atom stereocenters. The Bertz CT molecular complexity index is 1060. The molecule has 1 amide bonds. The van der Waals surface area contributed by atoms with Gasteiger partial charge in [-0.2, -0.15) is 5.10 Å². The van der Waals surface area contributed by atoms with E-state index in [1.807, 2.05) is 49.4 Å². The van der Waals surface area contributed by atoms with Crippen molar-refractivity contribution in [1.29, 1.82) is 0 Å². The summed E-state index contributed by atoms with van der Waals surface area (Å²) in [6.45, 7) is 1.93. The molecule has 4 rings (SSSR count). The number of benzene rings is 2. The van der Waals surface area contributed by atoms with E-state index in [9.17, 15) is 4.79 Å². The third-order valence-electron chi connectivity index (χ3n) is 4.13.